The van der Waals surface area contributed by atoms with Gasteiger partial charge in [0.1, 0.15) is 11.6 Å². The number of carbonyl (C=O) groups is 1. The molecule has 3 aromatic heterocycles. The third kappa shape index (κ3) is 6.11. The van der Waals surface area contributed by atoms with E-state index in [1.54, 1.807) is 18.2 Å². The van der Waals surface area contributed by atoms with Crippen molar-refractivity contribution in [1.29, 1.82) is 0 Å². The maximum absolute atomic E-state index is 12.8. The Morgan fingerprint density at radius 3 is 2.50 bits per heavy atom. The van der Waals surface area contributed by atoms with Crippen molar-refractivity contribution >= 4 is 44.8 Å². The van der Waals surface area contributed by atoms with Crippen molar-refractivity contribution in [3.05, 3.63) is 54.3 Å². The van der Waals surface area contributed by atoms with Crippen LogP contribution < -0.4 is 15.0 Å². The molecule has 7 rings (SSSR count). The van der Waals surface area contributed by atoms with Gasteiger partial charge in [0.25, 0.3) is 0 Å². The summed E-state index contributed by atoms with van der Waals surface area (Å²) in [5.74, 6) is 0.304. The molecule has 2 aromatic carbocycles. The molecule has 0 unspecified atom stereocenters. The molecule has 0 spiro atoms. The fourth-order valence-corrected chi connectivity index (χ4v) is 6.38. The summed E-state index contributed by atoms with van der Waals surface area (Å²) in [6, 6.07) is 13.4. The predicted octanol–water partition coefficient (Wildman–Crippen LogP) is 6.72. The molecule has 46 heavy (non-hydrogen) atoms. The maximum Gasteiger partial charge on any atom is 0.573 e. The average Bonchev–Trinajstić information content (AvgIpc) is 3.41. The van der Waals surface area contributed by atoms with Crippen LogP contribution in [0.15, 0.2) is 52.9 Å². The van der Waals surface area contributed by atoms with E-state index in [1.165, 1.54) is 36.6 Å². The van der Waals surface area contributed by atoms with Gasteiger partial charge in [0.05, 0.1) is 29.5 Å². The van der Waals surface area contributed by atoms with Gasteiger partial charge in [0, 0.05) is 37.8 Å². The third-order valence-corrected chi connectivity index (χ3v) is 8.95. The number of methoxy groups -OCH3 is 1. The van der Waals surface area contributed by atoms with Gasteiger partial charge in [-0.25, -0.2) is 9.78 Å². The molecule has 11 nitrogen and oxygen atoms in total. The lowest BCUT2D eigenvalue weighted by atomic mass is 10.2. The zero-order valence-corrected chi connectivity index (χ0v) is 25.8. The Morgan fingerprint density at radius 2 is 1.83 bits per heavy atom. The van der Waals surface area contributed by atoms with Crippen LogP contribution in [0.2, 0.25) is 0 Å². The molecule has 0 bridgehead atoms. The van der Waals surface area contributed by atoms with Crippen molar-refractivity contribution < 1.29 is 31.9 Å². The molecule has 4 heterocycles. The highest BCUT2D eigenvalue weighted by Crippen LogP contribution is 2.44. The number of nitrogens with zero attached hydrogens (tertiary/aromatic N) is 6. The number of carbonyl (C=O) groups excluding carboxylic acids is 1. The first-order chi connectivity index (χ1) is 22.2. The summed E-state index contributed by atoms with van der Waals surface area (Å²) in [6.07, 6.45) is -2.77. The second-order valence-electron chi connectivity index (χ2n) is 11.1. The van der Waals surface area contributed by atoms with E-state index >= 15 is 0 Å². The normalized spacial score (nSPS) is 15.8. The number of imidazole rings is 1. The van der Waals surface area contributed by atoms with Gasteiger partial charge in [0.2, 0.25) is 10.9 Å². The Bertz CT molecular complexity index is 1870. The predicted molar refractivity (Wildman–Crippen MR) is 167 cm³/mol. The Morgan fingerprint density at radius 1 is 1.07 bits per heavy atom. The standard InChI is InChI=1S/C31H30F3N7O4S/c1-3-39-12-14-40(15-13-39)23-17-24-22(16-21(23)36-30-38-37-28(46-30)25-10-11-26(44-25)29(42)43-2)35-27(41(24)19-6-7-19)18-4-8-20(9-5-18)45-31(32,33)34/h4-5,8-11,16-17,19H,3,6-7,12-15H2,1-2H3,(H,36,38). The number of furan rings is 1. The fraction of sp³-hybridized carbons (Fsp3) is 0.355. The second-order valence-corrected chi connectivity index (χ2v) is 12.1. The molecule has 5 aromatic rings. The van der Waals surface area contributed by atoms with E-state index in [-0.39, 0.29) is 17.6 Å². The molecule has 1 saturated heterocycles. The van der Waals surface area contributed by atoms with Crippen LogP contribution in [0.25, 0.3) is 33.2 Å². The topological polar surface area (TPSA) is 111 Å². The lowest BCUT2D eigenvalue weighted by molar-refractivity contribution is -0.274. The smallest absolute Gasteiger partial charge is 0.463 e. The van der Waals surface area contributed by atoms with E-state index in [0.717, 1.165) is 68.0 Å². The summed E-state index contributed by atoms with van der Waals surface area (Å²) >= 11 is 1.28. The molecule has 1 N–H and O–H groups in total. The molecule has 1 saturated carbocycles. The quantitative estimate of drug-likeness (QED) is 0.172. The van der Waals surface area contributed by atoms with Crippen LogP contribution in [0.4, 0.5) is 29.7 Å². The third-order valence-electron chi connectivity index (χ3n) is 8.10. The number of rotatable bonds is 9. The highest BCUT2D eigenvalue weighted by molar-refractivity contribution is 7.18. The van der Waals surface area contributed by atoms with Crippen LogP contribution in [0.3, 0.4) is 0 Å². The van der Waals surface area contributed by atoms with Crippen molar-refractivity contribution in [2.45, 2.75) is 32.2 Å². The first-order valence-electron chi connectivity index (χ1n) is 14.9. The number of anilines is 3. The van der Waals surface area contributed by atoms with E-state index in [1.807, 2.05) is 6.07 Å². The number of fused-ring (bicyclic) bond motifs is 1. The Labute approximate surface area is 265 Å². The van der Waals surface area contributed by atoms with Gasteiger partial charge in [-0.3, -0.25) is 0 Å². The zero-order valence-electron chi connectivity index (χ0n) is 25.0. The summed E-state index contributed by atoms with van der Waals surface area (Å²) in [6.45, 7) is 6.67. The van der Waals surface area contributed by atoms with Crippen LogP contribution in [0.1, 0.15) is 36.4 Å². The second kappa shape index (κ2) is 11.9. The van der Waals surface area contributed by atoms with Gasteiger partial charge in [-0.1, -0.05) is 18.3 Å². The largest absolute Gasteiger partial charge is 0.573 e. The van der Waals surface area contributed by atoms with Crippen molar-refractivity contribution in [1.82, 2.24) is 24.6 Å². The number of ether oxygens (including phenoxy) is 2. The zero-order chi connectivity index (χ0) is 32.0. The number of hydrogen-bond donors (Lipinski definition) is 1. The number of aromatic nitrogens is 4. The van der Waals surface area contributed by atoms with E-state index in [9.17, 15) is 18.0 Å². The Kier molecular flexibility index (Phi) is 7.80. The van der Waals surface area contributed by atoms with Crippen molar-refractivity contribution in [3.63, 3.8) is 0 Å². The number of benzene rings is 2. The van der Waals surface area contributed by atoms with Crippen LogP contribution >= 0.6 is 11.3 Å². The summed E-state index contributed by atoms with van der Waals surface area (Å²) in [5.41, 5.74) is 4.19. The lowest BCUT2D eigenvalue weighted by Gasteiger charge is -2.36. The fourth-order valence-electron chi connectivity index (χ4n) is 5.66. The average molecular weight is 654 g/mol. The molecule has 240 valence electrons. The van der Waals surface area contributed by atoms with Gasteiger partial charge in [-0.2, -0.15) is 0 Å². The number of esters is 1. The van der Waals surface area contributed by atoms with Gasteiger partial charge >= 0.3 is 12.3 Å². The van der Waals surface area contributed by atoms with Gasteiger partial charge < -0.3 is 33.6 Å². The molecule has 1 aliphatic carbocycles. The van der Waals surface area contributed by atoms with Crippen molar-refractivity contribution in [2.24, 2.45) is 0 Å². The van der Waals surface area contributed by atoms with Gasteiger partial charge in [-0.15, -0.1) is 23.4 Å². The minimum atomic E-state index is -4.76. The molecule has 0 radical (unpaired) electrons. The van der Waals surface area contributed by atoms with Crippen LogP contribution in [-0.4, -0.2) is 76.8 Å². The molecule has 0 amide bonds. The SMILES string of the molecule is CCN1CCN(c2cc3c(cc2Nc2nnc(-c4ccc(C(=O)OC)o4)s2)nc(-c2ccc(OC(F)(F)F)cc2)n3C2CC2)CC1. The van der Waals surface area contributed by atoms with Gasteiger partial charge in [-0.05, 0) is 67.9 Å². The summed E-state index contributed by atoms with van der Waals surface area (Å²) in [5, 5.41) is 13.1. The minimum absolute atomic E-state index is 0.0748. The summed E-state index contributed by atoms with van der Waals surface area (Å²) in [4.78, 5) is 21.6. The minimum Gasteiger partial charge on any atom is -0.463 e. The molecule has 0 atom stereocenters. The number of likely N-dealkylation sites (N-methyl/N-ethyl adjacent to an activating group) is 1. The van der Waals surface area contributed by atoms with Crippen molar-refractivity contribution in [3.8, 4) is 27.9 Å². The summed E-state index contributed by atoms with van der Waals surface area (Å²) < 4.78 is 54.9. The van der Waals surface area contributed by atoms with Crippen molar-refractivity contribution in [2.75, 3.05) is 50.1 Å². The summed E-state index contributed by atoms with van der Waals surface area (Å²) in [7, 11) is 1.29. The maximum atomic E-state index is 12.8. The molecular weight excluding hydrogens is 623 g/mol. The van der Waals surface area contributed by atoms with E-state index < -0.39 is 12.3 Å². The molecule has 1 aliphatic heterocycles. The highest BCUT2D eigenvalue weighted by atomic mass is 32.1. The van der Waals surface area contributed by atoms with E-state index in [0.29, 0.717) is 27.3 Å². The number of hydrogen-bond acceptors (Lipinski definition) is 11. The Hall–Kier alpha value is -4.63. The monoisotopic (exact) mass is 653 g/mol. The number of nitrogens with one attached hydrogen (secondary N) is 1. The van der Waals surface area contributed by atoms with Gasteiger partial charge in [0.15, 0.2) is 10.8 Å². The first kappa shape index (κ1) is 30.0. The molecule has 15 heteroatoms. The highest BCUT2D eigenvalue weighted by Gasteiger charge is 2.32. The molecule has 2 fully saturated rings. The number of piperazine rings is 1. The number of alkyl halides is 3. The van der Waals surface area contributed by atoms with E-state index in [4.69, 9.17) is 14.1 Å². The van der Waals surface area contributed by atoms with E-state index in [2.05, 4.69) is 47.6 Å². The van der Waals surface area contributed by atoms with Crippen LogP contribution in [0, 0.1) is 0 Å². The number of halogens is 3. The molecular formula is C31H30F3N7O4S. The first-order valence-corrected chi connectivity index (χ1v) is 15.7. The van der Waals surface area contributed by atoms with Crippen LogP contribution in [0.5, 0.6) is 5.75 Å². The lowest BCUT2D eigenvalue weighted by Crippen LogP contribution is -2.46. The molecule has 2 aliphatic rings. The van der Waals surface area contributed by atoms with Crippen LogP contribution in [-0.2, 0) is 4.74 Å². The Balaban J connectivity index is 1.26.